The summed E-state index contributed by atoms with van der Waals surface area (Å²) in [6.45, 7) is 3.88. The zero-order chi connectivity index (χ0) is 20.8. The Kier molecular flexibility index (Phi) is 5.93. The highest BCUT2D eigenvalue weighted by Gasteiger charge is 2.23. The number of hydrogen-bond acceptors (Lipinski definition) is 9. The van der Waals surface area contributed by atoms with Crippen LogP contribution < -0.4 is 10.6 Å². The standard InChI is InChI=1S/C19H18N6O4/c1-3-29-19(26)13-4-6-14(7-5-13)23-17-16(25(27)28)18(22-11-21-17)24-15-10-12(2)8-9-20-15/h4-11H,3H2,1-2H3,(H2,20,21,22,23,24). The van der Waals surface area contributed by atoms with Gasteiger partial charge in [-0.2, -0.15) is 0 Å². The van der Waals surface area contributed by atoms with Gasteiger partial charge in [-0.1, -0.05) is 0 Å². The number of aromatic nitrogens is 3. The molecule has 0 saturated heterocycles. The molecule has 10 nitrogen and oxygen atoms in total. The van der Waals surface area contributed by atoms with E-state index in [1.807, 2.05) is 13.0 Å². The van der Waals surface area contributed by atoms with Crippen LogP contribution in [0.25, 0.3) is 0 Å². The first-order valence-electron chi connectivity index (χ1n) is 8.71. The van der Waals surface area contributed by atoms with Gasteiger partial charge in [-0.3, -0.25) is 10.1 Å². The van der Waals surface area contributed by atoms with Crippen molar-refractivity contribution in [3.63, 3.8) is 0 Å². The van der Waals surface area contributed by atoms with Gasteiger partial charge in [0.15, 0.2) is 0 Å². The van der Waals surface area contributed by atoms with Crippen molar-refractivity contribution < 1.29 is 14.5 Å². The number of nitrogens with one attached hydrogen (secondary N) is 2. The molecule has 0 aliphatic carbocycles. The molecular weight excluding hydrogens is 376 g/mol. The number of esters is 1. The summed E-state index contributed by atoms with van der Waals surface area (Å²) in [5, 5.41) is 17.4. The minimum atomic E-state index is -0.576. The fourth-order valence-electron chi connectivity index (χ4n) is 2.50. The number of carbonyl (C=O) groups is 1. The lowest BCUT2D eigenvalue weighted by Crippen LogP contribution is -2.07. The van der Waals surface area contributed by atoms with Crippen LogP contribution >= 0.6 is 0 Å². The van der Waals surface area contributed by atoms with E-state index >= 15 is 0 Å². The van der Waals surface area contributed by atoms with Gasteiger partial charge in [0.1, 0.15) is 12.1 Å². The molecule has 1 aromatic carbocycles. The van der Waals surface area contributed by atoms with Gasteiger partial charge in [-0.15, -0.1) is 0 Å². The molecule has 0 aliphatic heterocycles. The maximum atomic E-state index is 11.7. The Morgan fingerprint density at radius 3 is 2.41 bits per heavy atom. The second-order valence-corrected chi connectivity index (χ2v) is 5.94. The molecule has 148 valence electrons. The third kappa shape index (κ3) is 4.80. The first-order valence-corrected chi connectivity index (χ1v) is 8.71. The summed E-state index contributed by atoms with van der Waals surface area (Å²) in [5.41, 5.74) is 1.51. The molecule has 0 unspecified atom stereocenters. The first-order chi connectivity index (χ1) is 14.0. The second kappa shape index (κ2) is 8.74. The van der Waals surface area contributed by atoms with E-state index in [0.29, 0.717) is 17.1 Å². The molecule has 0 saturated carbocycles. The highest BCUT2D eigenvalue weighted by molar-refractivity contribution is 5.90. The summed E-state index contributed by atoms with van der Waals surface area (Å²) in [6.07, 6.45) is 2.80. The topological polar surface area (TPSA) is 132 Å². The van der Waals surface area contributed by atoms with Gasteiger partial charge in [0.05, 0.1) is 17.1 Å². The fourth-order valence-corrected chi connectivity index (χ4v) is 2.50. The second-order valence-electron chi connectivity index (χ2n) is 5.94. The molecule has 0 radical (unpaired) electrons. The van der Waals surface area contributed by atoms with Gasteiger partial charge in [-0.05, 0) is 55.8 Å². The number of pyridine rings is 1. The maximum Gasteiger partial charge on any atom is 0.353 e. The van der Waals surface area contributed by atoms with Crippen LogP contribution in [0.15, 0.2) is 48.9 Å². The summed E-state index contributed by atoms with van der Waals surface area (Å²) >= 11 is 0. The van der Waals surface area contributed by atoms with Crippen LogP contribution in [0.3, 0.4) is 0 Å². The Morgan fingerprint density at radius 1 is 1.10 bits per heavy atom. The van der Waals surface area contributed by atoms with Crippen molar-refractivity contribution in [2.24, 2.45) is 0 Å². The molecule has 0 spiro atoms. The summed E-state index contributed by atoms with van der Waals surface area (Å²) in [6, 6.07) is 9.88. The Bertz CT molecular complexity index is 1040. The Hall–Kier alpha value is -4.08. The van der Waals surface area contributed by atoms with Crippen molar-refractivity contribution in [2.45, 2.75) is 13.8 Å². The summed E-state index contributed by atoms with van der Waals surface area (Å²) in [5.74, 6) is -0.00136. The molecule has 0 aliphatic rings. The monoisotopic (exact) mass is 394 g/mol. The van der Waals surface area contributed by atoms with E-state index in [1.165, 1.54) is 6.33 Å². The van der Waals surface area contributed by atoms with Crippen molar-refractivity contribution in [3.8, 4) is 0 Å². The third-order valence-electron chi connectivity index (χ3n) is 3.83. The van der Waals surface area contributed by atoms with E-state index in [2.05, 4.69) is 25.6 Å². The Morgan fingerprint density at radius 2 is 1.79 bits per heavy atom. The number of hydrogen-bond donors (Lipinski definition) is 2. The van der Waals surface area contributed by atoms with Gasteiger partial charge < -0.3 is 15.4 Å². The fraction of sp³-hybridized carbons (Fsp3) is 0.158. The lowest BCUT2D eigenvalue weighted by atomic mass is 10.2. The molecule has 10 heteroatoms. The van der Waals surface area contributed by atoms with Crippen LogP contribution in [-0.4, -0.2) is 32.5 Å². The quantitative estimate of drug-likeness (QED) is 0.349. The SMILES string of the molecule is CCOC(=O)c1ccc(Nc2ncnc(Nc3cc(C)ccn3)c2[N+](=O)[O-])cc1. The van der Waals surface area contributed by atoms with Crippen molar-refractivity contribution in [2.75, 3.05) is 17.2 Å². The number of carbonyl (C=O) groups excluding carboxylic acids is 1. The van der Waals surface area contributed by atoms with Crippen LogP contribution in [0, 0.1) is 17.0 Å². The van der Waals surface area contributed by atoms with Crippen molar-refractivity contribution in [3.05, 3.63) is 70.2 Å². The van der Waals surface area contributed by atoms with Gasteiger partial charge in [0, 0.05) is 11.9 Å². The van der Waals surface area contributed by atoms with Crippen LogP contribution in [0.1, 0.15) is 22.8 Å². The molecule has 0 atom stereocenters. The lowest BCUT2D eigenvalue weighted by Gasteiger charge is -2.10. The molecule has 29 heavy (non-hydrogen) atoms. The summed E-state index contributed by atoms with van der Waals surface area (Å²) < 4.78 is 4.93. The number of ether oxygens (including phenoxy) is 1. The van der Waals surface area contributed by atoms with Gasteiger partial charge in [0.2, 0.25) is 11.6 Å². The number of nitro groups is 1. The first kappa shape index (κ1) is 19.7. The van der Waals surface area contributed by atoms with E-state index in [0.717, 1.165) is 5.56 Å². The minimum absolute atomic E-state index is 0.00374. The van der Waals surface area contributed by atoms with Crippen molar-refractivity contribution in [1.29, 1.82) is 0 Å². The Balaban J connectivity index is 1.87. The molecule has 2 heterocycles. The predicted octanol–water partition coefficient (Wildman–Crippen LogP) is 3.75. The number of nitrogens with zero attached hydrogens (tertiary/aromatic N) is 4. The molecule has 0 amide bonds. The van der Waals surface area contributed by atoms with Gasteiger partial charge >= 0.3 is 11.7 Å². The number of benzene rings is 1. The molecule has 3 rings (SSSR count). The van der Waals surface area contributed by atoms with Crippen LogP contribution in [0.5, 0.6) is 0 Å². The number of aryl methyl sites for hydroxylation is 1. The van der Waals surface area contributed by atoms with Crippen LogP contribution in [0.2, 0.25) is 0 Å². The van der Waals surface area contributed by atoms with Crippen LogP contribution in [-0.2, 0) is 4.74 Å². The molecule has 0 bridgehead atoms. The van der Waals surface area contributed by atoms with Crippen molar-refractivity contribution >= 4 is 34.8 Å². The summed E-state index contributed by atoms with van der Waals surface area (Å²) in [7, 11) is 0. The predicted molar refractivity (Wildman–Crippen MR) is 107 cm³/mol. The van der Waals surface area contributed by atoms with Crippen LogP contribution in [0.4, 0.5) is 28.8 Å². The Labute approximate surface area is 166 Å². The van der Waals surface area contributed by atoms with Gasteiger partial charge in [0.25, 0.3) is 0 Å². The minimum Gasteiger partial charge on any atom is -0.462 e. The molecule has 3 aromatic rings. The zero-order valence-electron chi connectivity index (χ0n) is 15.7. The average Bonchev–Trinajstić information content (AvgIpc) is 2.68. The maximum absolute atomic E-state index is 11.7. The van der Waals surface area contributed by atoms with E-state index in [1.54, 1.807) is 43.5 Å². The molecular formula is C19H18N6O4. The number of rotatable bonds is 7. The highest BCUT2D eigenvalue weighted by Crippen LogP contribution is 2.32. The molecule has 2 aromatic heterocycles. The van der Waals surface area contributed by atoms with Crippen molar-refractivity contribution in [1.82, 2.24) is 15.0 Å². The molecule has 0 fully saturated rings. The average molecular weight is 394 g/mol. The van der Waals surface area contributed by atoms with E-state index < -0.39 is 10.9 Å². The molecule has 2 N–H and O–H groups in total. The largest absolute Gasteiger partial charge is 0.462 e. The summed E-state index contributed by atoms with van der Waals surface area (Å²) in [4.78, 5) is 34.9. The number of anilines is 4. The normalized spacial score (nSPS) is 10.3. The highest BCUT2D eigenvalue weighted by atomic mass is 16.6. The third-order valence-corrected chi connectivity index (χ3v) is 3.83. The van der Waals surface area contributed by atoms with E-state index in [4.69, 9.17) is 4.74 Å². The smallest absolute Gasteiger partial charge is 0.353 e. The zero-order valence-corrected chi connectivity index (χ0v) is 15.7. The van der Waals surface area contributed by atoms with E-state index in [9.17, 15) is 14.9 Å². The van der Waals surface area contributed by atoms with E-state index in [-0.39, 0.29) is 23.9 Å². The lowest BCUT2D eigenvalue weighted by molar-refractivity contribution is -0.383. The van der Waals surface area contributed by atoms with Gasteiger partial charge in [-0.25, -0.2) is 19.7 Å².